The van der Waals surface area contributed by atoms with Crippen molar-refractivity contribution in [3.8, 4) is 0 Å². The number of thioether (sulfide) groups is 1. The highest BCUT2D eigenvalue weighted by molar-refractivity contribution is 8.00. The Morgan fingerprint density at radius 3 is 3.00 bits per heavy atom. The normalized spacial score (nSPS) is 22.5. The predicted octanol–water partition coefficient (Wildman–Crippen LogP) is 4.80. The van der Waals surface area contributed by atoms with Gasteiger partial charge in [-0.1, -0.05) is 35.4 Å². The standard InChI is InChI=1S/C17H20ClNOS/c18-15-8-4-7-14(11-15)17-19(16(20)12-21-17)10-9-13-5-2-1-3-6-13/h4-5,7-8,11,17H,1-3,6,9-10,12H2. The smallest absolute Gasteiger partial charge is 0.233 e. The lowest BCUT2D eigenvalue weighted by atomic mass is 9.97. The van der Waals surface area contributed by atoms with Crippen molar-refractivity contribution in [1.29, 1.82) is 0 Å². The molecule has 1 amide bonds. The molecule has 3 rings (SSSR count). The molecule has 4 heteroatoms. The molecular weight excluding hydrogens is 302 g/mol. The minimum atomic E-state index is 0.125. The van der Waals surface area contributed by atoms with Crippen molar-refractivity contribution in [3.63, 3.8) is 0 Å². The van der Waals surface area contributed by atoms with Crippen LogP contribution in [-0.4, -0.2) is 23.1 Å². The summed E-state index contributed by atoms with van der Waals surface area (Å²) in [6.45, 7) is 0.828. The van der Waals surface area contributed by atoms with Gasteiger partial charge < -0.3 is 4.90 Å². The monoisotopic (exact) mass is 321 g/mol. The Balaban J connectivity index is 1.69. The fraction of sp³-hybridized carbons (Fsp3) is 0.471. The minimum absolute atomic E-state index is 0.125. The van der Waals surface area contributed by atoms with Crippen molar-refractivity contribution in [2.24, 2.45) is 0 Å². The molecule has 1 aliphatic carbocycles. The molecule has 1 aromatic carbocycles. The number of halogens is 1. The van der Waals surface area contributed by atoms with E-state index in [1.807, 2.05) is 23.1 Å². The van der Waals surface area contributed by atoms with Crippen molar-refractivity contribution in [3.05, 3.63) is 46.5 Å². The van der Waals surface area contributed by atoms with Crippen molar-refractivity contribution in [2.75, 3.05) is 12.3 Å². The number of amides is 1. The van der Waals surface area contributed by atoms with E-state index in [2.05, 4.69) is 12.1 Å². The maximum absolute atomic E-state index is 12.2. The Morgan fingerprint density at radius 1 is 1.33 bits per heavy atom. The van der Waals surface area contributed by atoms with E-state index in [4.69, 9.17) is 11.6 Å². The molecule has 0 radical (unpaired) electrons. The quantitative estimate of drug-likeness (QED) is 0.742. The van der Waals surface area contributed by atoms with E-state index in [1.54, 1.807) is 11.8 Å². The van der Waals surface area contributed by atoms with Gasteiger partial charge in [0.25, 0.3) is 0 Å². The van der Waals surface area contributed by atoms with E-state index in [0.29, 0.717) is 5.75 Å². The zero-order valence-corrected chi connectivity index (χ0v) is 13.6. The fourth-order valence-corrected chi connectivity index (χ4v) is 4.43. The van der Waals surface area contributed by atoms with Gasteiger partial charge in [0.1, 0.15) is 5.37 Å². The van der Waals surface area contributed by atoms with Gasteiger partial charge in [-0.3, -0.25) is 4.79 Å². The van der Waals surface area contributed by atoms with Crippen LogP contribution in [0.15, 0.2) is 35.9 Å². The van der Waals surface area contributed by atoms with Crippen molar-refractivity contribution >= 4 is 29.3 Å². The molecule has 1 unspecified atom stereocenters. The van der Waals surface area contributed by atoms with E-state index < -0.39 is 0 Å². The summed E-state index contributed by atoms with van der Waals surface area (Å²) in [4.78, 5) is 14.2. The first kappa shape index (κ1) is 15.0. The third-order valence-corrected chi connectivity index (χ3v) is 5.65. The van der Waals surface area contributed by atoms with Crippen LogP contribution in [0.3, 0.4) is 0 Å². The average Bonchev–Trinajstić information content (AvgIpc) is 2.87. The number of hydrogen-bond donors (Lipinski definition) is 0. The third kappa shape index (κ3) is 3.64. The summed E-state index contributed by atoms with van der Waals surface area (Å²) >= 11 is 7.79. The van der Waals surface area contributed by atoms with Crippen LogP contribution in [0.25, 0.3) is 0 Å². The molecule has 1 atom stereocenters. The first-order valence-electron chi connectivity index (χ1n) is 7.58. The number of hydrogen-bond acceptors (Lipinski definition) is 2. The van der Waals surface area contributed by atoms with Crippen molar-refractivity contribution < 1.29 is 4.79 Å². The van der Waals surface area contributed by atoms with Crippen molar-refractivity contribution in [2.45, 2.75) is 37.5 Å². The number of allylic oxidation sites excluding steroid dienone is 1. The summed E-state index contributed by atoms with van der Waals surface area (Å²) in [7, 11) is 0. The number of nitrogens with zero attached hydrogens (tertiary/aromatic N) is 1. The Morgan fingerprint density at radius 2 is 2.24 bits per heavy atom. The molecule has 0 N–H and O–H groups in total. The first-order valence-corrected chi connectivity index (χ1v) is 9.01. The molecule has 2 aliphatic rings. The second kappa shape index (κ2) is 6.89. The van der Waals surface area contributed by atoms with Gasteiger partial charge >= 0.3 is 0 Å². The van der Waals surface area contributed by atoms with Crippen LogP contribution in [0.1, 0.15) is 43.0 Å². The molecule has 21 heavy (non-hydrogen) atoms. The van der Waals surface area contributed by atoms with Crippen LogP contribution >= 0.6 is 23.4 Å². The van der Waals surface area contributed by atoms with Crippen LogP contribution < -0.4 is 0 Å². The van der Waals surface area contributed by atoms with Gasteiger partial charge in [0.05, 0.1) is 5.75 Å². The molecule has 1 fully saturated rings. The molecule has 0 saturated carbocycles. The zero-order chi connectivity index (χ0) is 14.7. The molecule has 2 nitrogen and oxygen atoms in total. The summed E-state index contributed by atoms with van der Waals surface area (Å²) < 4.78 is 0. The molecule has 0 bridgehead atoms. The molecule has 1 aliphatic heterocycles. The number of benzene rings is 1. The van der Waals surface area contributed by atoms with E-state index in [1.165, 1.54) is 31.3 Å². The average molecular weight is 322 g/mol. The highest BCUT2D eigenvalue weighted by Crippen LogP contribution is 2.39. The minimum Gasteiger partial charge on any atom is -0.326 e. The van der Waals surface area contributed by atoms with E-state index in [-0.39, 0.29) is 11.3 Å². The Kier molecular flexibility index (Phi) is 4.91. The Hall–Kier alpha value is -0.930. The maximum Gasteiger partial charge on any atom is 0.233 e. The topological polar surface area (TPSA) is 20.3 Å². The van der Waals surface area contributed by atoms with Crippen LogP contribution in [0.2, 0.25) is 5.02 Å². The fourth-order valence-electron chi connectivity index (χ4n) is 3.03. The summed E-state index contributed by atoms with van der Waals surface area (Å²) in [5.74, 6) is 0.831. The lowest BCUT2D eigenvalue weighted by Gasteiger charge is -2.25. The van der Waals surface area contributed by atoms with Gasteiger partial charge in [-0.05, 0) is 49.8 Å². The van der Waals surface area contributed by atoms with E-state index in [0.717, 1.165) is 23.6 Å². The summed E-state index contributed by atoms with van der Waals surface area (Å²) in [5, 5.41) is 0.864. The first-order chi connectivity index (χ1) is 10.2. The molecule has 112 valence electrons. The van der Waals surface area contributed by atoms with Gasteiger partial charge in [0.15, 0.2) is 0 Å². The number of rotatable bonds is 4. The third-order valence-electron chi connectivity index (χ3n) is 4.16. The van der Waals surface area contributed by atoms with Gasteiger partial charge in [-0.25, -0.2) is 0 Å². The van der Waals surface area contributed by atoms with Crippen LogP contribution in [0, 0.1) is 0 Å². The van der Waals surface area contributed by atoms with E-state index in [9.17, 15) is 4.79 Å². The summed E-state index contributed by atoms with van der Waals surface area (Å²) in [6.07, 6.45) is 8.40. The molecule has 0 aromatic heterocycles. The van der Waals surface area contributed by atoms with Gasteiger partial charge in [-0.2, -0.15) is 0 Å². The van der Waals surface area contributed by atoms with Gasteiger partial charge in [0.2, 0.25) is 5.91 Å². The second-order valence-electron chi connectivity index (χ2n) is 5.66. The van der Waals surface area contributed by atoms with Crippen LogP contribution in [0.4, 0.5) is 0 Å². The van der Waals surface area contributed by atoms with Crippen LogP contribution in [0.5, 0.6) is 0 Å². The predicted molar refractivity (Wildman–Crippen MR) is 89.5 cm³/mol. The largest absolute Gasteiger partial charge is 0.326 e. The second-order valence-corrected chi connectivity index (χ2v) is 7.17. The molecular formula is C17H20ClNOS. The lowest BCUT2D eigenvalue weighted by Crippen LogP contribution is -2.29. The molecule has 0 spiro atoms. The van der Waals surface area contributed by atoms with Crippen molar-refractivity contribution in [1.82, 2.24) is 4.90 Å². The van der Waals surface area contributed by atoms with Gasteiger partial charge in [-0.15, -0.1) is 11.8 Å². The molecule has 1 saturated heterocycles. The van der Waals surface area contributed by atoms with Gasteiger partial charge in [0, 0.05) is 11.6 Å². The lowest BCUT2D eigenvalue weighted by molar-refractivity contribution is -0.128. The number of carbonyl (C=O) groups is 1. The highest BCUT2D eigenvalue weighted by atomic mass is 35.5. The summed E-state index contributed by atoms with van der Waals surface area (Å²) in [6, 6.07) is 7.88. The molecule has 1 heterocycles. The summed E-state index contributed by atoms with van der Waals surface area (Å²) in [5.41, 5.74) is 2.66. The molecule has 1 aromatic rings. The maximum atomic E-state index is 12.2. The zero-order valence-electron chi connectivity index (χ0n) is 12.1. The van der Waals surface area contributed by atoms with E-state index >= 15 is 0 Å². The highest BCUT2D eigenvalue weighted by Gasteiger charge is 2.32. The Bertz CT molecular complexity index is 557. The van der Waals surface area contributed by atoms with Crippen LogP contribution in [-0.2, 0) is 4.79 Å². The SMILES string of the molecule is O=C1CSC(c2cccc(Cl)c2)N1CCC1=CCCCC1. The Labute approximate surface area is 135 Å². The number of carbonyl (C=O) groups excluding carboxylic acids is 1.